The molecule has 0 saturated heterocycles. The Morgan fingerprint density at radius 3 is 1.25 bits per heavy atom. The van der Waals surface area contributed by atoms with E-state index in [0.29, 0.717) is 17.1 Å². The van der Waals surface area contributed by atoms with Crippen LogP contribution >= 0.6 is 0 Å². The van der Waals surface area contributed by atoms with Crippen LogP contribution in [0.4, 0.5) is 0 Å². The van der Waals surface area contributed by atoms with Crippen molar-refractivity contribution >= 4 is 55.3 Å². The Kier molecular flexibility index (Phi) is 15.8. The summed E-state index contributed by atoms with van der Waals surface area (Å²) in [5.74, 6) is 1.13. The first-order valence-electron chi connectivity index (χ1n) is 29.0. The molecule has 11 aromatic rings. The summed E-state index contributed by atoms with van der Waals surface area (Å²) in [4.78, 5) is 13.2. The molecule has 0 aliphatic heterocycles. The molecule has 1 aliphatic carbocycles. The lowest BCUT2D eigenvalue weighted by atomic mass is 9.71. The van der Waals surface area contributed by atoms with Crippen LogP contribution < -0.4 is 0 Å². The first-order chi connectivity index (χ1) is 39.9. The van der Waals surface area contributed by atoms with Crippen molar-refractivity contribution in [3.8, 4) is 61.8 Å². The van der Waals surface area contributed by atoms with Gasteiger partial charge in [0.25, 0.3) is 0 Å². The van der Waals surface area contributed by atoms with Gasteiger partial charge in [0.15, 0.2) is 5.78 Å². The number of phenolic OH excluding ortho intramolecular Hbond substituents is 3. The zero-order valence-corrected chi connectivity index (χ0v) is 50.5. The van der Waals surface area contributed by atoms with Crippen LogP contribution in [0.15, 0.2) is 240 Å². The van der Waals surface area contributed by atoms with Gasteiger partial charge in [-0.1, -0.05) is 253 Å². The summed E-state index contributed by atoms with van der Waals surface area (Å²) >= 11 is 0. The molecule has 5 heteroatoms. The second-order valence-electron chi connectivity index (χ2n) is 26.2. The number of fused-ring (bicyclic) bond motifs is 6. The summed E-state index contributed by atoms with van der Waals surface area (Å²) in [7, 11) is 0. The number of rotatable bonds is 5. The van der Waals surface area contributed by atoms with Crippen LogP contribution in [0.1, 0.15) is 99.8 Å². The minimum atomic E-state index is -0.233. The van der Waals surface area contributed by atoms with Crippen molar-refractivity contribution < 1.29 is 24.5 Å². The van der Waals surface area contributed by atoms with Gasteiger partial charge >= 0.3 is 0 Å². The molecule has 0 atom stereocenters. The second kappa shape index (κ2) is 22.9. The van der Waals surface area contributed by atoms with E-state index in [1.54, 1.807) is 0 Å². The normalized spacial score (nSPS) is 13.0. The smallest absolute Gasteiger partial charge is 0.186 e. The highest BCUT2D eigenvalue weighted by molar-refractivity contribution is 6.23. The molecule has 0 bridgehead atoms. The van der Waals surface area contributed by atoms with Crippen LogP contribution in [0.25, 0.3) is 94.1 Å². The minimum absolute atomic E-state index is 0.147. The molecule has 0 amide bonds. The van der Waals surface area contributed by atoms with Gasteiger partial charge < -0.3 is 19.7 Å². The Hall–Kier alpha value is -9.19. The number of benzene rings is 10. The Balaban J connectivity index is 0.000000141. The van der Waals surface area contributed by atoms with Crippen LogP contribution in [0.2, 0.25) is 0 Å². The standard InChI is InChI=1S/C29H42O2.C26H16O2.C24H18O/c1-26(2,3)20-14-18(15-21(24(20)30)27(4,5)6)13-19-16-22(28(7,8)9)25(31)23(17-19)29(10,11)12;27-25-18-11-5-4-10-17(18)14-23-24(25)22-15-21(16-8-2-1-3-9-16)19-12-6-7-13-20(19)26(22)28-23;25-24-22(19-12-6-2-7-13-19)16-21(18-10-4-1-5-11-18)17-23(24)20-14-8-3-9-15-20/h13-17,30H,1-12H3;1-15,27H;1-17,25H. The van der Waals surface area contributed by atoms with E-state index < -0.39 is 0 Å². The highest BCUT2D eigenvalue weighted by atomic mass is 16.3. The number of furan rings is 1. The summed E-state index contributed by atoms with van der Waals surface area (Å²) in [6.07, 6.45) is 6.23. The Bertz CT molecular complexity index is 4210. The van der Waals surface area contributed by atoms with E-state index in [0.717, 1.165) is 116 Å². The third-order valence-corrected chi connectivity index (χ3v) is 15.7. The summed E-state index contributed by atoms with van der Waals surface area (Å²) in [5, 5.41) is 38.8. The van der Waals surface area contributed by atoms with Crippen molar-refractivity contribution in [3.63, 3.8) is 0 Å². The highest BCUT2D eigenvalue weighted by Crippen LogP contribution is 2.47. The van der Waals surface area contributed by atoms with Crippen molar-refractivity contribution in [2.45, 2.75) is 93.9 Å². The van der Waals surface area contributed by atoms with Crippen molar-refractivity contribution in [2.24, 2.45) is 10.8 Å². The molecule has 1 aromatic heterocycles. The third kappa shape index (κ3) is 12.0. The number of ketones is 1. The zero-order chi connectivity index (χ0) is 59.9. The first-order valence-corrected chi connectivity index (χ1v) is 29.0. The molecule has 12 rings (SSSR count). The van der Waals surface area contributed by atoms with Crippen LogP contribution in [0.3, 0.4) is 0 Å². The largest absolute Gasteiger partial charge is 0.507 e. The van der Waals surface area contributed by atoms with Crippen LogP contribution in [-0.4, -0.2) is 21.1 Å². The predicted molar refractivity (Wildman–Crippen MR) is 354 cm³/mol. The van der Waals surface area contributed by atoms with E-state index in [9.17, 15) is 20.1 Å². The monoisotopic (exact) mass is 1100 g/mol. The van der Waals surface area contributed by atoms with Crippen LogP contribution in [-0.2, 0) is 15.6 Å². The molecule has 10 aromatic carbocycles. The summed E-state index contributed by atoms with van der Waals surface area (Å²) in [6.45, 7) is 25.3. The second-order valence-corrected chi connectivity index (χ2v) is 26.2. The molecule has 0 saturated carbocycles. The molecule has 5 nitrogen and oxygen atoms in total. The van der Waals surface area contributed by atoms with Gasteiger partial charge in [-0.05, 0) is 132 Å². The van der Waals surface area contributed by atoms with Crippen molar-refractivity contribution in [3.05, 3.63) is 252 Å². The minimum Gasteiger partial charge on any atom is -0.507 e. The third-order valence-electron chi connectivity index (χ3n) is 15.7. The zero-order valence-electron chi connectivity index (χ0n) is 50.5. The summed E-state index contributed by atoms with van der Waals surface area (Å²) in [5.41, 5.74) is 14.6. The van der Waals surface area contributed by atoms with Gasteiger partial charge in [-0.25, -0.2) is 0 Å². The average molecular weight is 1110 g/mol. The fourth-order valence-electron chi connectivity index (χ4n) is 11.3. The molecule has 0 fully saturated rings. The Morgan fingerprint density at radius 1 is 0.369 bits per heavy atom. The number of hydrogen-bond donors (Lipinski definition) is 3. The van der Waals surface area contributed by atoms with E-state index in [2.05, 4.69) is 162 Å². The van der Waals surface area contributed by atoms with Gasteiger partial charge in [0.1, 0.15) is 28.4 Å². The summed E-state index contributed by atoms with van der Waals surface area (Å²) in [6, 6.07) is 69.3. The number of carbonyl (C=O) groups is 1. The summed E-state index contributed by atoms with van der Waals surface area (Å²) < 4.78 is 6.29. The maximum absolute atomic E-state index is 13.2. The number of aromatic hydroxyl groups is 3. The van der Waals surface area contributed by atoms with Crippen molar-refractivity contribution in [1.29, 1.82) is 0 Å². The van der Waals surface area contributed by atoms with E-state index in [4.69, 9.17) is 4.42 Å². The molecule has 1 heterocycles. The fourth-order valence-corrected chi connectivity index (χ4v) is 11.3. The van der Waals surface area contributed by atoms with Gasteiger partial charge in [-0.15, -0.1) is 0 Å². The lowest BCUT2D eigenvalue weighted by Crippen LogP contribution is -2.27. The van der Waals surface area contributed by atoms with E-state index in [1.165, 1.54) is 0 Å². The number of phenols is 3. The lowest BCUT2D eigenvalue weighted by Gasteiger charge is -2.31. The van der Waals surface area contributed by atoms with Gasteiger partial charge in [0, 0.05) is 49.6 Å². The average Bonchev–Trinajstić information content (AvgIpc) is 1.91. The molecule has 0 unspecified atom stereocenters. The van der Waals surface area contributed by atoms with Gasteiger partial charge in [-0.3, -0.25) is 4.79 Å². The predicted octanol–water partition coefficient (Wildman–Crippen LogP) is 21.6. The van der Waals surface area contributed by atoms with E-state index in [-0.39, 0.29) is 33.2 Å². The van der Waals surface area contributed by atoms with Gasteiger partial charge in [0.2, 0.25) is 0 Å². The van der Waals surface area contributed by atoms with Gasteiger partial charge in [0.05, 0.1) is 5.39 Å². The molecule has 3 N–H and O–H groups in total. The van der Waals surface area contributed by atoms with Crippen molar-refractivity contribution in [2.75, 3.05) is 0 Å². The lowest BCUT2D eigenvalue weighted by molar-refractivity contribution is -0.114. The quantitative estimate of drug-likeness (QED) is 0.160. The molecular weight excluding hydrogens is 1030 g/mol. The molecule has 0 spiro atoms. The topological polar surface area (TPSA) is 90.9 Å². The maximum Gasteiger partial charge on any atom is 0.186 e. The van der Waals surface area contributed by atoms with Crippen molar-refractivity contribution in [1.82, 2.24) is 0 Å². The molecule has 1 aliphatic rings. The Morgan fingerprint density at radius 2 is 0.786 bits per heavy atom. The van der Waals surface area contributed by atoms with E-state index in [1.807, 2.05) is 146 Å². The first kappa shape index (κ1) is 58.0. The molecule has 422 valence electrons. The molecule has 84 heavy (non-hydrogen) atoms. The number of carbonyl (C=O) groups excluding carboxylic acids is 1. The maximum atomic E-state index is 13.2. The SMILES string of the molecule is CC(C)(C)C1=CC(=Cc2cc(C(C)(C)C)c(O)c(C(C)(C)C)c2)C=C(C(C)(C)C)C1=O.Oc1c(-c2ccccc2)cc(-c2ccccc2)cc1-c1ccccc1.Oc1c2ccccc2cc2oc3c4ccccc4c(-c4ccccc4)cc3c12. The number of Topliss-reactive ketones (excluding diaryl/α,β-unsaturated/α-hetero) is 1. The highest BCUT2D eigenvalue weighted by Gasteiger charge is 2.34. The molecular formula is C79H76O5. The van der Waals surface area contributed by atoms with Gasteiger partial charge in [-0.2, -0.15) is 0 Å². The van der Waals surface area contributed by atoms with Crippen LogP contribution in [0, 0.1) is 10.8 Å². The molecule has 0 radical (unpaired) electrons. The van der Waals surface area contributed by atoms with Crippen LogP contribution in [0.5, 0.6) is 17.2 Å². The Labute approximate surface area is 495 Å². The van der Waals surface area contributed by atoms with E-state index >= 15 is 0 Å². The number of hydrogen-bond acceptors (Lipinski definition) is 5. The number of allylic oxidation sites excluding steroid dienone is 5. The fraction of sp³-hybridized carbons (Fsp3) is 0.203.